The van der Waals surface area contributed by atoms with Crippen LogP contribution in [0.3, 0.4) is 0 Å². The Bertz CT molecular complexity index is 643. The number of halogens is 2. The Kier molecular flexibility index (Phi) is 5.86. The van der Waals surface area contributed by atoms with Crippen LogP contribution in [0.5, 0.6) is 0 Å². The summed E-state index contributed by atoms with van der Waals surface area (Å²) in [4.78, 5) is 0. The van der Waals surface area contributed by atoms with Gasteiger partial charge in [-0.2, -0.15) is 0 Å². The van der Waals surface area contributed by atoms with E-state index in [2.05, 4.69) is 10.0 Å². The standard InChI is InChI=1S/C17H26F2N2O2S/c1-17(2,3)24(22,23)21-15-6-4-12(5-7-15)11-20-16-9-13(18)8-14(19)10-16/h8-10,12,15,20-21H,4-7,11H2,1-3H3. The maximum absolute atomic E-state index is 13.2. The smallest absolute Gasteiger partial charge is 0.216 e. The Balaban J connectivity index is 1.81. The van der Waals surface area contributed by atoms with Crippen molar-refractivity contribution in [2.75, 3.05) is 11.9 Å². The Labute approximate surface area is 143 Å². The van der Waals surface area contributed by atoms with E-state index in [1.54, 1.807) is 20.8 Å². The minimum Gasteiger partial charge on any atom is -0.385 e. The van der Waals surface area contributed by atoms with Crippen LogP contribution in [-0.4, -0.2) is 25.8 Å². The molecule has 0 heterocycles. The maximum Gasteiger partial charge on any atom is 0.216 e. The van der Waals surface area contributed by atoms with Gasteiger partial charge in [-0.3, -0.25) is 0 Å². The molecule has 4 nitrogen and oxygen atoms in total. The molecule has 1 aliphatic carbocycles. The maximum atomic E-state index is 13.2. The number of hydrogen-bond acceptors (Lipinski definition) is 3. The second-order valence-electron chi connectivity index (χ2n) is 7.49. The molecule has 24 heavy (non-hydrogen) atoms. The fourth-order valence-corrected chi connectivity index (χ4v) is 3.83. The summed E-state index contributed by atoms with van der Waals surface area (Å²) >= 11 is 0. The van der Waals surface area contributed by atoms with E-state index in [0.717, 1.165) is 31.7 Å². The quantitative estimate of drug-likeness (QED) is 0.843. The topological polar surface area (TPSA) is 58.2 Å². The predicted molar refractivity (Wildman–Crippen MR) is 92.4 cm³/mol. The molecule has 1 saturated carbocycles. The lowest BCUT2D eigenvalue weighted by molar-refractivity contribution is 0.322. The van der Waals surface area contributed by atoms with Gasteiger partial charge >= 0.3 is 0 Å². The van der Waals surface area contributed by atoms with Gasteiger partial charge in [-0.05, 0) is 64.5 Å². The summed E-state index contributed by atoms with van der Waals surface area (Å²) < 4.78 is 52.7. The first-order valence-corrected chi connectivity index (χ1v) is 9.77. The first kappa shape index (κ1) is 19.1. The molecule has 1 aromatic rings. The number of anilines is 1. The molecule has 2 N–H and O–H groups in total. The number of benzene rings is 1. The lowest BCUT2D eigenvalue weighted by Crippen LogP contribution is -2.46. The normalized spacial score (nSPS) is 22.4. The van der Waals surface area contributed by atoms with E-state index >= 15 is 0 Å². The number of hydrogen-bond donors (Lipinski definition) is 2. The summed E-state index contributed by atoms with van der Waals surface area (Å²) in [6, 6.07) is 3.35. The number of sulfonamides is 1. The van der Waals surface area contributed by atoms with Gasteiger partial charge in [0.2, 0.25) is 10.0 Å². The zero-order chi connectivity index (χ0) is 18.0. The van der Waals surface area contributed by atoms with Gasteiger partial charge in [0.15, 0.2) is 0 Å². The van der Waals surface area contributed by atoms with Crippen LogP contribution in [0.2, 0.25) is 0 Å². The minimum absolute atomic E-state index is 0.0305. The third kappa shape index (κ3) is 5.14. The fourth-order valence-electron chi connectivity index (χ4n) is 2.80. The monoisotopic (exact) mass is 360 g/mol. The van der Waals surface area contributed by atoms with Crippen molar-refractivity contribution >= 4 is 15.7 Å². The van der Waals surface area contributed by atoms with Crippen LogP contribution >= 0.6 is 0 Å². The van der Waals surface area contributed by atoms with E-state index in [0.29, 0.717) is 18.2 Å². The van der Waals surface area contributed by atoms with E-state index < -0.39 is 26.4 Å². The van der Waals surface area contributed by atoms with E-state index in [1.165, 1.54) is 12.1 Å². The SMILES string of the molecule is CC(C)(C)S(=O)(=O)NC1CCC(CNc2cc(F)cc(F)c2)CC1. The molecule has 1 aromatic carbocycles. The second kappa shape index (κ2) is 7.35. The van der Waals surface area contributed by atoms with E-state index in [-0.39, 0.29) is 6.04 Å². The molecule has 0 aliphatic heterocycles. The van der Waals surface area contributed by atoms with Gasteiger partial charge in [0, 0.05) is 24.3 Å². The largest absolute Gasteiger partial charge is 0.385 e. The third-order valence-corrected chi connectivity index (χ3v) is 6.69. The summed E-state index contributed by atoms with van der Waals surface area (Å²) in [5, 5.41) is 3.06. The zero-order valence-corrected chi connectivity index (χ0v) is 15.2. The van der Waals surface area contributed by atoms with Crippen molar-refractivity contribution in [3.05, 3.63) is 29.8 Å². The van der Waals surface area contributed by atoms with Crippen LogP contribution < -0.4 is 10.0 Å². The van der Waals surface area contributed by atoms with Gasteiger partial charge < -0.3 is 5.32 Å². The van der Waals surface area contributed by atoms with Crippen molar-refractivity contribution in [2.24, 2.45) is 5.92 Å². The zero-order valence-electron chi connectivity index (χ0n) is 14.4. The van der Waals surface area contributed by atoms with Crippen molar-refractivity contribution in [3.8, 4) is 0 Å². The van der Waals surface area contributed by atoms with Gasteiger partial charge in [0.1, 0.15) is 11.6 Å². The molecular weight excluding hydrogens is 334 g/mol. The lowest BCUT2D eigenvalue weighted by atomic mass is 9.86. The Morgan fingerprint density at radius 1 is 1.04 bits per heavy atom. The highest BCUT2D eigenvalue weighted by atomic mass is 32.2. The Hall–Kier alpha value is -1.21. The molecule has 0 amide bonds. The van der Waals surface area contributed by atoms with Crippen molar-refractivity contribution in [2.45, 2.75) is 57.2 Å². The van der Waals surface area contributed by atoms with Crippen molar-refractivity contribution in [1.82, 2.24) is 4.72 Å². The molecule has 0 atom stereocenters. The highest BCUT2D eigenvalue weighted by molar-refractivity contribution is 7.90. The molecule has 0 radical (unpaired) electrons. The number of rotatable bonds is 5. The van der Waals surface area contributed by atoms with Crippen molar-refractivity contribution in [3.63, 3.8) is 0 Å². The third-order valence-electron chi connectivity index (χ3n) is 4.43. The van der Waals surface area contributed by atoms with Gasteiger partial charge in [0.05, 0.1) is 4.75 Å². The molecule has 7 heteroatoms. The Morgan fingerprint density at radius 2 is 1.58 bits per heavy atom. The summed E-state index contributed by atoms with van der Waals surface area (Å²) in [7, 11) is -3.33. The first-order chi connectivity index (χ1) is 11.1. The molecule has 1 aliphatic rings. The lowest BCUT2D eigenvalue weighted by Gasteiger charge is -2.31. The molecule has 0 aromatic heterocycles. The minimum atomic E-state index is -3.33. The molecule has 136 valence electrons. The van der Waals surface area contributed by atoms with Crippen LogP contribution in [0.4, 0.5) is 14.5 Å². The van der Waals surface area contributed by atoms with Crippen LogP contribution in [0.25, 0.3) is 0 Å². The molecule has 0 spiro atoms. The van der Waals surface area contributed by atoms with Gasteiger partial charge in [0.25, 0.3) is 0 Å². The summed E-state index contributed by atoms with van der Waals surface area (Å²) in [6.45, 7) is 5.68. The molecule has 1 fully saturated rings. The Morgan fingerprint density at radius 3 is 2.08 bits per heavy atom. The van der Waals surface area contributed by atoms with Gasteiger partial charge in [-0.15, -0.1) is 0 Å². The molecule has 2 rings (SSSR count). The molecule has 0 saturated heterocycles. The highest BCUT2D eigenvalue weighted by Gasteiger charge is 2.32. The van der Waals surface area contributed by atoms with Crippen LogP contribution in [0, 0.1) is 17.6 Å². The van der Waals surface area contributed by atoms with Crippen LogP contribution in [0.15, 0.2) is 18.2 Å². The number of nitrogens with one attached hydrogen (secondary N) is 2. The highest BCUT2D eigenvalue weighted by Crippen LogP contribution is 2.27. The first-order valence-electron chi connectivity index (χ1n) is 8.29. The summed E-state index contributed by atoms with van der Waals surface area (Å²) in [6.07, 6.45) is 3.31. The van der Waals surface area contributed by atoms with Crippen LogP contribution in [-0.2, 0) is 10.0 Å². The van der Waals surface area contributed by atoms with Gasteiger partial charge in [-0.1, -0.05) is 0 Å². The molecule has 0 unspecified atom stereocenters. The molecule has 0 bridgehead atoms. The van der Waals surface area contributed by atoms with E-state index in [9.17, 15) is 17.2 Å². The fraction of sp³-hybridized carbons (Fsp3) is 0.647. The predicted octanol–water partition coefficient (Wildman–Crippen LogP) is 3.65. The van der Waals surface area contributed by atoms with Crippen molar-refractivity contribution < 1.29 is 17.2 Å². The average molecular weight is 360 g/mol. The average Bonchev–Trinajstić information content (AvgIpc) is 2.44. The summed E-state index contributed by atoms with van der Waals surface area (Å²) in [5.74, 6) is -0.831. The molecular formula is C17H26F2N2O2S. The van der Waals surface area contributed by atoms with Crippen molar-refractivity contribution in [1.29, 1.82) is 0 Å². The summed E-state index contributed by atoms with van der Waals surface area (Å²) in [5.41, 5.74) is 0.433. The van der Waals surface area contributed by atoms with E-state index in [1.807, 2.05) is 0 Å². The second-order valence-corrected chi connectivity index (χ2v) is 9.96. The van der Waals surface area contributed by atoms with Gasteiger partial charge in [-0.25, -0.2) is 21.9 Å². The van der Waals surface area contributed by atoms with E-state index in [4.69, 9.17) is 0 Å². The van der Waals surface area contributed by atoms with Crippen LogP contribution in [0.1, 0.15) is 46.5 Å².